The van der Waals surface area contributed by atoms with Gasteiger partial charge in [-0.15, -0.1) is 0 Å². The molecule has 1 aliphatic rings. The van der Waals surface area contributed by atoms with Crippen molar-refractivity contribution in [3.8, 4) is 0 Å². The van der Waals surface area contributed by atoms with Crippen LogP contribution >= 0.6 is 0 Å². The van der Waals surface area contributed by atoms with Crippen LogP contribution in [0.2, 0.25) is 0 Å². The zero-order valence-corrected chi connectivity index (χ0v) is 16.5. The van der Waals surface area contributed by atoms with Crippen LogP contribution in [0.1, 0.15) is 53.9 Å². The highest BCUT2D eigenvalue weighted by atomic mass is 16.4. The van der Waals surface area contributed by atoms with Gasteiger partial charge in [-0.25, -0.2) is 4.79 Å². The number of allylic oxidation sites excluding steroid dienone is 9. The molecule has 1 rings (SSSR count). The second-order valence-corrected chi connectivity index (χ2v) is 7.72. The van der Waals surface area contributed by atoms with E-state index in [0.29, 0.717) is 5.57 Å². The third-order valence-corrected chi connectivity index (χ3v) is 4.78. The Hall–Kier alpha value is -1.91. The number of carboxylic acids is 1. The molecule has 2 unspecified atom stereocenters. The maximum absolute atomic E-state index is 10.6. The smallest absolute Gasteiger partial charge is 0.335 e. The van der Waals surface area contributed by atoms with Gasteiger partial charge >= 0.3 is 5.97 Å². The molecular weight excluding hydrogens is 328 g/mol. The molecule has 4 heteroatoms. The summed E-state index contributed by atoms with van der Waals surface area (Å²) in [5.74, 6) is -1.44. The highest BCUT2D eigenvalue weighted by Crippen LogP contribution is 2.40. The first-order valence-electron chi connectivity index (χ1n) is 9.05. The van der Waals surface area contributed by atoms with E-state index in [2.05, 4.69) is 32.9 Å². The van der Waals surface area contributed by atoms with Crippen LogP contribution < -0.4 is 0 Å². The van der Waals surface area contributed by atoms with Crippen LogP contribution in [0.15, 0.2) is 58.7 Å². The fourth-order valence-corrected chi connectivity index (χ4v) is 3.19. The number of rotatable bonds is 7. The standard InChI is InChI=1S/C22H32O4/c1-15(11-12-18-17(3)10-7-13-22(18,4)5)8-6-9-16(2)14-19(23)20(24)21(25)26/h6,8-9,11-12,14,19-20,23-24H,7,10,13H2,1-5H3,(H,25,26). The van der Waals surface area contributed by atoms with E-state index in [0.717, 1.165) is 5.57 Å². The summed E-state index contributed by atoms with van der Waals surface area (Å²) < 4.78 is 0. The van der Waals surface area contributed by atoms with E-state index in [1.807, 2.05) is 19.1 Å². The van der Waals surface area contributed by atoms with Crippen LogP contribution in [0.3, 0.4) is 0 Å². The Balaban J connectivity index is 2.76. The van der Waals surface area contributed by atoms with Crippen molar-refractivity contribution in [3.05, 3.63) is 58.7 Å². The molecule has 0 aromatic carbocycles. The average molecular weight is 360 g/mol. The predicted molar refractivity (Wildman–Crippen MR) is 106 cm³/mol. The van der Waals surface area contributed by atoms with Gasteiger partial charge in [-0.05, 0) is 51.0 Å². The minimum absolute atomic E-state index is 0.218. The number of carbonyl (C=O) groups is 1. The fourth-order valence-electron chi connectivity index (χ4n) is 3.19. The molecule has 2 atom stereocenters. The van der Waals surface area contributed by atoms with Gasteiger partial charge in [-0.1, -0.05) is 67.0 Å². The third kappa shape index (κ3) is 6.77. The SMILES string of the molecule is CC(C=CC1=C(C)CCCC1(C)C)=CC=CC(C)=CC(O)C(O)C(=O)O. The molecule has 0 saturated heterocycles. The van der Waals surface area contributed by atoms with Crippen LogP contribution in [-0.2, 0) is 4.79 Å². The molecule has 0 aromatic heterocycles. The predicted octanol–water partition coefficient (Wildman–Crippen LogP) is 4.32. The molecule has 26 heavy (non-hydrogen) atoms. The van der Waals surface area contributed by atoms with Gasteiger partial charge in [0.25, 0.3) is 0 Å². The summed E-state index contributed by atoms with van der Waals surface area (Å²) in [5.41, 5.74) is 4.88. The molecule has 0 radical (unpaired) electrons. The van der Waals surface area contributed by atoms with Gasteiger partial charge < -0.3 is 15.3 Å². The highest BCUT2D eigenvalue weighted by molar-refractivity contribution is 5.73. The van der Waals surface area contributed by atoms with Crippen molar-refractivity contribution in [1.82, 2.24) is 0 Å². The zero-order valence-electron chi connectivity index (χ0n) is 16.5. The second-order valence-electron chi connectivity index (χ2n) is 7.72. The van der Waals surface area contributed by atoms with Gasteiger partial charge in [0.05, 0.1) is 0 Å². The second kappa shape index (κ2) is 9.70. The summed E-state index contributed by atoms with van der Waals surface area (Å²) in [6.07, 6.45) is 11.6. The first-order valence-corrected chi connectivity index (χ1v) is 9.05. The summed E-state index contributed by atoms with van der Waals surface area (Å²) in [4.78, 5) is 10.6. The van der Waals surface area contributed by atoms with E-state index < -0.39 is 18.2 Å². The quantitative estimate of drug-likeness (QED) is 0.591. The van der Waals surface area contributed by atoms with Crippen molar-refractivity contribution in [2.45, 2.75) is 66.1 Å². The lowest BCUT2D eigenvalue weighted by atomic mass is 9.72. The molecule has 3 N–H and O–H groups in total. The van der Waals surface area contributed by atoms with Gasteiger partial charge in [-0.2, -0.15) is 0 Å². The lowest BCUT2D eigenvalue weighted by Gasteiger charge is -2.32. The van der Waals surface area contributed by atoms with Crippen LogP contribution in [0.25, 0.3) is 0 Å². The highest BCUT2D eigenvalue weighted by Gasteiger charge is 2.26. The molecule has 1 aliphatic carbocycles. The Labute approximate surface area is 156 Å². The molecule has 0 amide bonds. The molecule has 0 aliphatic heterocycles. The number of carboxylic acid groups (broad SMARTS) is 1. The molecule has 0 spiro atoms. The van der Waals surface area contributed by atoms with Crippen molar-refractivity contribution in [3.63, 3.8) is 0 Å². The third-order valence-electron chi connectivity index (χ3n) is 4.78. The van der Waals surface area contributed by atoms with Crippen molar-refractivity contribution in [2.75, 3.05) is 0 Å². The van der Waals surface area contributed by atoms with E-state index in [-0.39, 0.29) is 5.41 Å². The van der Waals surface area contributed by atoms with Crippen LogP contribution in [-0.4, -0.2) is 33.5 Å². The summed E-state index contributed by atoms with van der Waals surface area (Å²) in [7, 11) is 0. The van der Waals surface area contributed by atoms with Gasteiger partial charge in [0, 0.05) is 0 Å². The normalized spacial score (nSPS) is 21.5. The van der Waals surface area contributed by atoms with E-state index in [4.69, 9.17) is 5.11 Å². The van der Waals surface area contributed by atoms with Crippen molar-refractivity contribution < 1.29 is 20.1 Å². The largest absolute Gasteiger partial charge is 0.479 e. The Morgan fingerprint density at radius 2 is 1.81 bits per heavy atom. The van der Waals surface area contributed by atoms with Gasteiger partial charge in [0.15, 0.2) is 6.10 Å². The Morgan fingerprint density at radius 1 is 1.15 bits per heavy atom. The first kappa shape index (κ1) is 22.1. The number of aliphatic hydroxyl groups is 2. The Bertz CT molecular complexity index is 660. The molecule has 0 heterocycles. The topological polar surface area (TPSA) is 77.8 Å². The van der Waals surface area contributed by atoms with Gasteiger partial charge in [0.2, 0.25) is 0 Å². The number of aliphatic carboxylic acids is 1. The van der Waals surface area contributed by atoms with Gasteiger partial charge in [-0.3, -0.25) is 0 Å². The molecule has 0 saturated carbocycles. The van der Waals surface area contributed by atoms with Crippen molar-refractivity contribution >= 4 is 5.97 Å². The van der Waals surface area contributed by atoms with E-state index in [9.17, 15) is 15.0 Å². The summed E-state index contributed by atoms with van der Waals surface area (Å²) in [6.45, 7) is 10.6. The van der Waals surface area contributed by atoms with Crippen LogP contribution in [0.5, 0.6) is 0 Å². The molecule has 0 fully saturated rings. The minimum atomic E-state index is -1.81. The molecule has 4 nitrogen and oxygen atoms in total. The number of aliphatic hydroxyl groups excluding tert-OH is 2. The van der Waals surface area contributed by atoms with Crippen molar-refractivity contribution in [1.29, 1.82) is 0 Å². The maximum atomic E-state index is 10.6. The first-order chi connectivity index (χ1) is 12.0. The molecular formula is C22H32O4. The van der Waals surface area contributed by atoms with Crippen molar-refractivity contribution in [2.24, 2.45) is 5.41 Å². The zero-order chi connectivity index (χ0) is 19.9. The summed E-state index contributed by atoms with van der Waals surface area (Å²) in [5, 5.41) is 27.5. The Morgan fingerprint density at radius 3 is 2.38 bits per heavy atom. The lowest BCUT2D eigenvalue weighted by molar-refractivity contribution is -0.150. The fraction of sp³-hybridized carbons (Fsp3) is 0.500. The average Bonchev–Trinajstić information content (AvgIpc) is 2.52. The summed E-state index contributed by atoms with van der Waals surface area (Å²) in [6, 6.07) is 0. The molecule has 144 valence electrons. The molecule has 0 aromatic rings. The number of hydrogen-bond donors (Lipinski definition) is 3. The molecule has 0 bridgehead atoms. The van der Waals surface area contributed by atoms with Gasteiger partial charge in [0.1, 0.15) is 6.10 Å². The van der Waals surface area contributed by atoms with E-state index >= 15 is 0 Å². The summed E-state index contributed by atoms with van der Waals surface area (Å²) >= 11 is 0. The maximum Gasteiger partial charge on any atom is 0.335 e. The van der Waals surface area contributed by atoms with Crippen LogP contribution in [0.4, 0.5) is 0 Å². The van der Waals surface area contributed by atoms with E-state index in [1.165, 1.54) is 36.5 Å². The number of hydrogen-bond acceptors (Lipinski definition) is 3. The monoisotopic (exact) mass is 360 g/mol. The minimum Gasteiger partial charge on any atom is -0.479 e. The lowest BCUT2D eigenvalue weighted by Crippen LogP contribution is -2.32. The Kier molecular flexibility index (Phi) is 8.25. The van der Waals surface area contributed by atoms with E-state index in [1.54, 1.807) is 13.0 Å². The van der Waals surface area contributed by atoms with Crippen LogP contribution in [0, 0.1) is 5.41 Å².